The lowest BCUT2D eigenvalue weighted by Gasteiger charge is -2.06. The fourth-order valence-electron chi connectivity index (χ4n) is 1.61. The lowest BCUT2D eigenvalue weighted by molar-refractivity contribution is 0.0697. The van der Waals surface area contributed by atoms with Crippen molar-refractivity contribution in [3.8, 4) is 0 Å². The quantitative estimate of drug-likeness (QED) is 0.661. The zero-order valence-corrected chi connectivity index (χ0v) is 11.4. The number of nitrogen functional groups attached to an aromatic ring is 1. The summed E-state index contributed by atoms with van der Waals surface area (Å²) >= 11 is 1.32. The van der Waals surface area contributed by atoms with Crippen molar-refractivity contribution in [2.75, 3.05) is 5.73 Å². The number of aryl methyl sites for hydroxylation is 2. The Morgan fingerprint density at radius 3 is 2.37 bits per heavy atom. The van der Waals surface area contributed by atoms with Crippen LogP contribution in [0.4, 0.5) is 5.69 Å². The molecule has 2 aromatic rings. The van der Waals surface area contributed by atoms with Crippen molar-refractivity contribution in [2.24, 2.45) is 0 Å². The number of benzene rings is 1. The van der Waals surface area contributed by atoms with E-state index in [1.54, 1.807) is 6.07 Å². The second kappa shape index (κ2) is 5.27. The Hall–Kier alpha value is -2.08. The molecular weight excluding hydrogens is 262 g/mol. The van der Waals surface area contributed by atoms with Crippen molar-refractivity contribution in [2.45, 2.75) is 23.9 Å². The number of hydrogen-bond acceptors (Lipinski definition) is 5. The minimum absolute atomic E-state index is 0.170. The van der Waals surface area contributed by atoms with Crippen molar-refractivity contribution in [3.63, 3.8) is 0 Å². The van der Waals surface area contributed by atoms with E-state index < -0.39 is 5.97 Å². The normalized spacial score (nSPS) is 10.4. The summed E-state index contributed by atoms with van der Waals surface area (Å²) in [6.45, 7) is 3.80. The van der Waals surface area contributed by atoms with Crippen LogP contribution >= 0.6 is 11.8 Å². The fourth-order valence-corrected chi connectivity index (χ4v) is 2.50. The lowest BCUT2D eigenvalue weighted by atomic mass is 10.2. The summed E-state index contributed by atoms with van der Waals surface area (Å²) in [7, 11) is 0. The SMILES string of the molecule is Cc1cc(C)nc(Sc2ccc(C(=O)O)cc2N)n1. The van der Waals surface area contributed by atoms with Crippen molar-refractivity contribution < 1.29 is 9.90 Å². The van der Waals surface area contributed by atoms with Gasteiger partial charge in [-0.2, -0.15) is 0 Å². The molecule has 3 N–H and O–H groups in total. The van der Waals surface area contributed by atoms with Crippen LogP contribution in [0.5, 0.6) is 0 Å². The Morgan fingerprint density at radius 1 is 1.21 bits per heavy atom. The largest absolute Gasteiger partial charge is 0.478 e. The van der Waals surface area contributed by atoms with E-state index in [1.807, 2.05) is 19.9 Å². The number of carboxylic acids is 1. The van der Waals surface area contributed by atoms with E-state index in [9.17, 15) is 4.79 Å². The molecule has 5 nitrogen and oxygen atoms in total. The molecule has 1 heterocycles. The monoisotopic (exact) mass is 275 g/mol. The van der Waals surface area contributed by atoms with Crippen molar-refractivity contribution >= 4 is 23.4 Å². The van der Waals surface area contributed by atoms with Crippen LogP contribution in [0.1, 0.15) is 21.7 Å². The number of hydrogen-bond donors (Lipinski definition) is 2. The number of carbonyl (C=O) groups is 1. The maximum Gasteiger partial charge on any atom is 0.335 e. The second-order valence-corrected chi connectivity index (χ2v) is 5.10. The Kier molecular flexibility index (Phi) is 3.71. The summed E-state index contributed by atoms with van der Waals surface area (Å²) in [5, 5.41) is 9.48. The highest BCUT2D eigenvalue weighted by molar-refractivity contribution is 7.99. The molecule has 0 radical (unpaired) electrons. The average Bonchev–Trinajstić information content (AvgIpc) is 2.30. The number of anilines is 1. The molecule has 19 heavy (non-hydrogen) atoms. The number of nitrogens with zero attached hydrogens (tertiary/aromatic N) is 2. The molecule has 0 fully saturated rings. The zero-order valence-electron chi connectivity index (χ0n) is 10.5. The van der Waals surface area contributed by atoms with E-state index in [0.29, 0.717) is 10.8 Å². The topological polar surface area (TPSA) is 89.1 Å². The molecule has 0 aliphatic rings. The lowest BCUT2D eigenvalue weighted by Crippen LogP contribution is -1.99. The van der Waals surface area contributed by atoms with Crippen LogP contribution in [0.15, 0.2) is 34.3 Å². The van der Waals surface area contributed by atoms with Gasteiger partial charge in [-0.25, -0.2) is 14.8 Å². The number of aromatic nitrogens is 2. The number of nitrogens with two attached hydrogens (primary N) is 1. The molecule has 0 saturated carbocycles. The van der Waals surface area contributed by atoms with Gasteiger partial charge in [-0.15, -0.1) is 0 Å². The summed E-state index contributed by atoms with van der Waals surface area (Å²) < 4.78 is 0. The summed E-state index contributed by atoms with van der Waals surface area (Å²) in [5.41, 5.74) is 8.19. The molecule has 0 unspecified atom stereocenters. The third kappa shape index (κ3) is 3.23. The van der Waals surface area contributed by atoms with Crippen LogP contribution in [0, 0.1) is 13.8 Å². The molecule has 98 valence electrons. The Bertz CT molecular complexity index is 624. The van der Waals surface area contributed by atoms with Gasteiger partial charge in [0.25, 0.3) is 0 Å². The van der Waals surface area contributed by atoms with Gasteiger partial charge in [-0.3, -0.25) is 0 Å². The Balaban J connectivity index is 2.30. The van der Waals surface area contributed by atoms with E-state index in [2.05, 4.69) is 9.97 Å². The van der Waals surface area contributed by atoms with Crippen LogP contribution in [0.2, 0.25) is 0 Å². The molecular formula is C13H13N3O2S. The number of aromatic carboxylic acids is 1. The van der Waals surface area contributed by atoms with Crippen LogP contribution in [-0.4, -0.2) is 21.0 Å². The van der Waals surface area contributed by atoms with Crippen molar-refractivity contribution in [1.29, 1.82) is 0 Å². The maximum absolute atomic E-state index is 10.8. The molecule has 0 aliphatic heterocycles. The summed E-state index contributed by atoms with van der Waals surface area (Å²) in [4.78, 5) is 20.2. The van der Waals surface area contributed by atoms with E-state index in [-0.39, 0.29) is 5.56 Å². The standard InChI is InChI=1S/C13H13N3O2S/c1-7-5-8(2)16-13(15-7)19-11-4-3-9(12(17)18)6-10(11)14/h3-6H,14H2,1-2H3,(H,17,18). The van der Waals surface area contributed by atoms with Crippen LogP contribution in [0.3, 0.4) is 0 Å². The number of rotatable bonds is 3. The van der Waals surface area contributed by atoms with Gasteiger partial charge >= 0.3 is 5.97 Å². The van der Waals surface area contributed by atoms with Gasteiger partial charge in [-0.05, 0) is 49.9 Å². The van der Waals surface area contributed by atoms with Gasteiger partial charge in [0, 0.05) is 22.0 Å². The van der Waals surface area contributed by atoms with E-state index in [0.717, 1.165) is 16.3 Å². The van der Waals surface area contributed by atoms with Gasteiger partial charge < -0.3 is 10.8 Å². The minimum Gasteiger partial charge on any atom is -0.478 e. The molecule has 6 heteroatoms. The molecule has 1 aromatic carbocycles. The molecule has 1 aromatic heterocycles. The first-order valence-corrected chi connectivity index (χ1v) is 6.40. The molecule has 0 spiro atoms. The van der Waals surface area contributed by atoms with Crippen molar-refractivity contribution in [1.82, 2.24) is 9.97 Å². The van der Waals surface area contributed by atoms with Crippen LogP contribution in [0.25, 0.3) is 0 Å². The zero-order chi connectivity index (χ0) is 14.0. The van der Waals surface area contributed by atoms with E-state index >= 15 is 0 Å². The summed E-state index contributed by atoms with van der Waals surface area (Å²) in [6, 6.07) is 6.52. The van der Waals surface area contributed by atoms with Gasteiger partial charge in [0.05, 0.1) is 5.56 Å². The first-order valence-electron chi connectivity index (χ1n) is 5.58. The predicted molar refractivity (Wildman–Crippen MR) is 73.4 cm³/mol. The molecule has 0 saturated heterocycles. The van der Waals surface area contributed by atoms with Gasteiger partial charge in [0.15, 0.2) is 5.16 Å². The molecule has 0 aliphatic carbocycles. The Morgan fingerprint density at radius 2 is 1.84 bits per heavy atom. The Labute approximate surface area is 114 Å². The highest BCUT2D eigenvalue weighted by atomic mass is 32.2. The van der Waals surface area contributed by atoms with Gasteiger partial charge in [-0.1, -0.05) is 0 Å². The van der Waals surface area contributed by atoms with Crippen LogP contribution in [-0.2, 0) is 0 Å². The molecule has 0 amide bonds. The van der Waals surface area contributed by atoms with Gasteiger partial charge in [0.2, 0.25) is 0 Å². The molecule has 0 atom stereocenters. The second-order valence-electron chi connectivity index (χ2n) is 4.09. The van der Waals surface area contributed by atoms with Gasteiger partial charge in [0.1, 0.15) is 0 Å². The highest BCUT2D eigenvalue weighted by Crippen LogP contribution is 2.30. The summed E-state index contributed by atoms with van der Waals surface area (Å²) in [5.74, 6) is -0.995. The first kappa shape index (κ1) is 13.4. The van der Waals surface area contributed by atoms with Crippen LogP contribution < -0.4 is 5.73 Å². The third-order valence-electron chi connectivity index (χ3n) is 2.42. The summed E-state index contributed by atoms with van der Waals surface area (Å²) in [6.07, 6.45) is 0. The maximum atomic E-state index is 10.8. The van der Waals surface area contributed by atoms with Crippen molar-refractivity contribution in [3.05, 3.63) is 41.2 Å². The third-order valence-corrected chi connectivity index (χ3v) is 3.38. The predicted octanol–water partition coefficient (Wildman–Crippen LogP) is 2.53. The first-order chi connectivity index (χ1) is 8.95. The van der Waals surface area contributed by atoms with E-state index in [1.165, 1.54) is 23.9 Å². The molecule has 0 bridgehead atoms. The highest BCUT2D eigenvalue weighted by Gasteiger charge is 2.09. The average molecular weight is 275 g/mol. The fraction of sp³-hybridized carbons (Fsp3) is 0.154. The minimum atomic E-state index is -0.995. The molecule has 2 rings (SSSR count). The number of carboxylic acid groups (broad SMARTS) is 1. The van der Waals surface area contributed by atoms with E-state index in [4.69, 9.17) is 10.8 Å². The smallest absolute Gasteiger partial charge is 0.335 e.